The molecule has 0 aliphatic carbocycles. The fourth-order valence-corrected chi connectivity index (χ4v) is 2.65. The number of rotatable bonds is 3. The molecule has 2 rings (SSSR count). The SMILES string of the molecule is C=CCNC(=S)N1CCN(c2ccccc2Cl)CC1. The molecule has 0 aromatic heterocycles. The Kier molecular flexibility index (Phi) is 5.05. The monoisotopic (exact) mass is 295 g/mol. The lowest BCUT2D eigenvalue weighted by atomic mass is 10.2. The summed E-state index contributed by atoms with van der Waals surface area (Å²) in [4.78, 5) is 4.49. The molecular formula is C14H18ClN3S. The van der Waals surface area contributed by atoms with E-state index in [1.807, 2.05) is 24.3 Å². The second-order valence-electron chi connectivity index (χ2n) is 4.40. The lowest BCUT2D eigenvalue weighted by Crippen LogP contribution is -2.51. The van der Waals surface area contributed by atoms with Crippen LogP contribution < -0.4 is 10.2 Å². The lowest BCUT2D eigenvalue weighted by Gasteiger charge is -2.37. The summed E-state index contributed by atoms with van der Waals surface area (Å²) in [5.74, 6) is 0. The van der Waals surface area contributed by atoms with Crippen molar-refractivity contribution in [2.75, 3.05) is 37.6 Å². The van der Waals surface area contributed by atoms with Gasteiger partial charge in [-0.15, -0.1) is 6.58 Å². The van der Waals surface area contributed by atoms with E-state index in [9.17, 15) is 0 Å². The number of hydrogen-bond acceptors (Lipinski definition) is 2. The van der Waals surface area contributed by atoms with Gasteiger partial charge >= 0.3 is 0 Å². The number of benzene rings is 1. The van der Waals surface area contributed by atoms with Crippen LogP contribution in [0.4, 0.5) is 5.69 Å². The summed E-state index contributed by atoms with van der Waals surface area (Å²) < 4.78 is 0. The van der Waals surface area contributed by atoms with Crippen LogP contribution in [0.25, 0.3) is 0 Å². The normalized spacial score (nSPS) is 15.2. The molecule has 0 radical (unpaired) electrons. The van der Waals surface area contributed by atoms with Gasteiger partial charge < -0.3 is 15.1 Å². The first kappa shape index (κ1) is 14.2. The van der Waals surface area contributed by atoms with E-state index in [0.29, 0.717) is 6.54 Å². The fourth-order valence-electron chi connectivity index (χ4n) is 2.13. The van der Waals surface area contributed by atoms with Crippen molar-refractivity contribution < 1.29 is 0 Å². The zero-order valence-electron chi connectivity index (χ0n) is 10.8. The Morgan fingerprint density at radius 1 is 1.32 bits per heavy atom. The quantitative estimate of drug-likeness (QED) is 0.682. The van der Waals surface area contributed by atoms with Crippen LogP contribution in [0.5, 0.6) is 0 Å². The van der Waals surface area contributed by atoms with E-state index in [-0.39, 0.29) is 0 Å². The van der Waals surface area contributed by atoms with Crippen molar-refractivity contribution in [1.82, 2.24) is 10.2 Å². The number of piperazine rings is 1. The van der Waals surface area contributed by atoms with Crippen molar-refractivity contribution in [3.05, 3.63) is 41.9 Å². The first-order valence-electron chi connectivity index (χ1n) is 6.35. The molecule has 0 spiro atoms. The highest BCUT2D eigenvalue weighted by atomic mass is 35.5. The minimum Gasteiger partial charge on any atom is -0.367 e. The minimum absolute atomic E-state index is 0.712. The number of nitrogens with one attached hydrogen (secondary N) is 1. The Hall–Kier alpha value is -1.26. The summed E-state index contributed by atoms with van der Waals surface area (Å²) in [6, 6.07) is 7.96. The Labute approximate surface area is 124 Å². The largest absolute Gasteiger partial charge is 0.367 e. The van der Waals surface area contributed by atoms with E-state index in [0.717, 1.165) is 42.0 Å². The number of hydrogen-bond donors (Lipinski definition) is 1. The van der Waals surface area contributed by atoms with E-state index in [1.165, 1.54) is 0 Å². The molecule has 0 amide bonds. The maximum Gasteiger partial charge on any atom is 0.169 e. The summed E-state index contributed by atoms with van der Waals surface area (Å²) in [5, 5.41) is 4.78. The highest BCUT2D eigenvalue weighted by Crippen LogP contribution is 2.25. The topological polar surface area (TPSA) is 18.5 Å². The van der Waals surface area contributed by atoms with Crippen LogP contribution in [0, 0.1) is 0 Å². The number of anilines is 1. The van der Waals surface area contributed by atoms with Crippen molar-refractivity contribution in [3.8, 4) is 0 Å². The van der Waals surface area contributed by atoms with Crippen LogP contribution in [0.3, 0.4) is 0 Å². The first-order chi connectivity index (χ1) is 9.22. The molecule has 102 valence electrons. The summed E-state index contributed by atoms with van der Waals surface area (Å²) in [6.07, 6.45) is 1.81. The second-order valence-corrected chi connectivity index (χ2v) is 5.19. The van der Waals surface area contributed by atoms with Gasteiger partial charge in [0.05, 0.1) is 10.7 Å². The van der Waals surface area contributed by atoms with Gasteiger partial charge in [0.1, 0.15) is 0 Å². The third-order valence-electron chi connectivity index (χ3n) is 3.16. The second kappa shape index (κ2) is 6.78. The molecule has 1 aromatic rings. The predicted molar refractivity (Wildman–Crippen MR) is 86.0 cm³/mol. The van der Waals surface area contributed by atoms with E-state index in [4.69, 9.17) is 23.8 Å². The summed E-state index contributed by atoms with van der Waals surface area (Å²) in [7, 11) is 0. The van der Waals surface area contributed by atoms with Crippen molar-refractivity contribution in [2.24, 2.45) is 0 Å². The van der Waals surface area contributed by atoms with E-state index < -0.39 is 0 Å². The standard InChI is InChI=1S/C14H18ClN3S/c1-2-7-16-14(19)18-10-8-17(9-11-18)13-6-4-3-5-12(13)15/h2-6H,1,7-11H2,(H,16,19). The average Bonchev–Trinajstić information content (AvgIpc) is 2.45. The number of halogens is 1. The maximum absolute atomic E-state index is 6.22. The molecular weight excluding hydrogens is 278 g/mol. The highest BCUT2D eigenvalue weighted by molar-refractivity contribution is 7.80. The van der Waals surface area contributed by atoms with Gasteiger partial charge in [0.25, 0.3) is 0 Å². The van der Waals surface area contributed by atoms with Gasteiger partial charge in [-0.05, 0) is 24.4 Å². The maximum atomic E-state index is 6.22. The minimum atomic E-state index is 0.712. The molecule has 1 aliphatic heterocycles. The smallest absolute Gasteiger partial charge is 0.169 e. The van der Waals surface area contributed by atoms with E-state index >= 15 is 0 Å². The molecule has 3 nitrogen and oxygen atoms in total. The van der Waals surface area contributed by atoms with Gasteiger partial charge in [0, 0.05) is 32.7 Å². The van der Waals surface area contributed by atoms with Crippen molar-refractivity contribution in [1.29, 1.82) is 0 Å². The molecule has 1 fully saturated rings. The molecule has 5 heteroatoms. The van der Waals surface area contributed by atoms with Crippen molar-refractivity contribution >= 4 is 34.6 Å². The third kappa shape index (κ3) is 3.61. The predicted octanol–water partition coefficient (Wildman–Crippen LogP) is 2.52. The van der Waals surface area contributed by atoms with Gasteiger partial charge in [-0.1, -0.05) is 29.8 Å². The summed E-state index contributed by atoms with van der Waals surface area (Å²) in [5.41, 5.74) is 1.11. The molecule has 0 bridgehead atoms. The Bertz CT molecular complexity index is 456. The Morgan fingerprint density at radius 2 is 2.00 bits per heavy atom. The highest BCUT2D eigenvalue weighted by Gasteiger charge is 2.19. The summed E-state index contributed by atoms with van der Waals surface area (Å²) >= 11 is 11.6. The molecule has 1 aromatic carbocycles. The van der Waals surface area contributed by atoms with Gasteiger partial charge in [-0.25, -0.2) is 0 Å². The fraction of sp³-hybridized carbons (Fsp3) is 0.357. The summed E-state index contributed by atoms with van der Waals surface area (Å²) in [6.45, 7) is 8.07. The van der Waals surface area contributed by atoms with Gasteiger partial charge in [0.15, 0.2) is 5.11 Å². The molecule has 1 heterocycles. The number of nitrogens with zero attached hydrogens (tertiary/aromatic N) is 2. The molecule has 0 saturated carbocycles. The van der Waals surface area contributed by atoms with Crippen LogP contribution in [-0.2, 0) is 0 Å². The number of para-hydroxylation sites is 1. The van der Waals surface area contributed by atoms with Crippen molar-refractivity contribution in [3.63, 3.8) is 0 Å². The first-order valence-corrected chi connectivity index (χ1v) is 7.14. The Morgan fingerprint density at radius 3 is 2.63 bits per heavy atom. The molecule has 19 heavy (non-hydrogen) atoms. The van der Waals surface area contributed by atoms with Crippen LogP contribution in [0.2, 0.25) is 5.02 Å². The average molecular weight is 296 g/mol. The molecule has 0 unspecified atom stereocenters. The number of thiocarbonyl (C=S) groups is 1. The van der Waals surface area contributed by atoms with Gasteiger partial charge in [-0.2, -0.15) is 0 Å². The molecule has 1 N–H and O–H groups in total. The third-order valence-corrected chi connectivity index (χ3v) is 3.88. The van der Waals surface area contributed by atoms with E-state index in [1.54, 1.807) is 0 Å². The zero-order chi connectivity index (χ0) is 13.7. The molecule has 1 saturated heterocycles. The van der Waals surface area contributed by atoms with Gasteiger partial charge in [-0.3, -0.25) is 0 Å². The Balaban J connectivity index is 1.91. The van der Waals surface area contributed by atoms with Gasteiger partial charge in [0.2, 0.25) is 0 Å². The zero-order valence-corrected chi connectivity index (χ0v) is 12.4. The van der Waals surface area contributed by atoms with Crippen LogP contribution >= 0.6 is 23.8 Å². The van der Waals surface area contributed by atoms with Crippen molar-refractivity contribution in [2.45, 2.75) is 0 Å². The molecule has 1 aliphatic rings. The van der Waals surface area contributed by atoms with Crippen LogP contribution in [0.1, 0.15) is 0 Å². The molecule has 0 atom stereocenters. The lowest BCUT2D eigenvalue weighted by molar-refractivity contribution is 0.381. The van der Waals surface area contributed by atoms with E-state index in [2.05, 4.69) is 27.8 Å². The van der Waals surface area contributed by atoms with Crippen LogP contribution in [-0.4, -0.2) is 42.7 Å². The van der Waals surface area contributed by atoms with Crippen LogP contribution in [0.15, 0.2) is 36.9 Å².